The lowest BCUT2D eigenvalue weighted by molar-refractivity contribution is 0.414. The normalized spacial score (nSPS) is 12.1. The Morgan fingerprint density at radius 3 is 2.25 bits per heavy atom. The van der Waals surface area contributed by atoms with Crippen LogP contribution in [0.3, 0.4) is 0 Å². The lowest BCUT2D eigenvalue weighted by Crippen LogP contribution is -2.43. The van der Waals surface area contributed by atoms with Crippen LogP contribution in [0, 0.1) is 17.3 Å². The van der Waals surface area contributed by atoms with Crippen molar-refractivity contribution in [1.82, 2.24) is 14.8 Å². The second-order valence-electron chi connectivity index (χ2n) is 10.4. The van der Waals surface area contributed by atoms with Crippen molar-refractivity contribution in [2.24, 2.45) is 0 Å². The van der Waals surface area contributed by atoms with Crippen LogP contribution in [0.5, 0.6) is 5.75 Å². The van der Waals surface area contributed by atoms with E-state index in [1.54, 1.807) is 24.1 Å². The molecule has 2 aromatic carbocycles. The van der Waals surface area contributed by atoms with Gasteiger partial charge in [0, 0.05) is 0 Å². The van der Waals surface area contributed by atoms with E-state index in [2.05, 4.69) is 63.1 Å². The summed E-state index contributed by atoms with van der Waals surface area (Å²) in [5, 5.41) is 5.17. The van der Waals surface area contributed by atoms with Crippen LogP contribution < -0.4 is 10.2 Å². The van der Waals surface area contributed by atoms with Crippen LogP contribution in [-0.4, -0.2) is 29.9 Å². The van der Waals surface area contributed by atoms with Gasteiger partial charge < -0.3 is 9.72 Å². The number of fused-ring (bicyclic) bond motifs is 2. The van der Waals surface area contributed by atoms with Gasteiger partial charge in [0.15, 0.2) is 0 Å². The predicted octanol–water partition coefficient (Wildman–Crippen LogP) is 6.64. The van der Waals surface area contributed by atoms with E-state index in [9.17, 15) is 4.79 Å². The molecule has 4 aromatic rings. The molecule has 0 saturated heterocycles. The van der Waals surface area contributed by atoms with Gasteiger partial charge in [-0.3, -0.25) is 4.79 Å². The molecule has 0 bridgehead atoms. The Hall–Kier alpha value is -3.37. The topological polar surface area (TPSA) is 59.9 Å². The number of hydrogen-bond acceptors (Lipinski definition) is 3. The largest absolute Gasteiger partial charge is 0.497 e. The molecule has 0 spiro atoms. The van der Waals surface area contributed by atoms with E-state index in [0.29, 0.717) is 39.7 Å². The summed E-state index contributed by atoms with van der Waals surface area (Å²) < 4.78 is 22.1. The molecule has 0 amide bonds. The maximum absolute atomic E-state index is 15.2. The maximum Gasteiger partial charge on any atom is 0.201 e. The number of H-pyrrole nitrogens is 1. The third-order valence-electron chi connectivity index (χ3n) is 7.48. The highest BCUT2D eigenvalue weighted by atomic mass is 28.3. The minimum Gasteiger partial charge on any atom is -0.497 e. The number of nitrogens with one attached hydrogen (secondary N) is 1. The fourth-order valence-electron chi connectivity index (χ4n) is 5.61. The molecule has 4 rings (SSSR count). The molecular weight excluding hydrogens is 469 g/mol. The zero-order valence-corrected chi connectivity index (χ0v) is 23.1. The van der Waals surface area contributed by atoms with Gasteiger partial charge in [0.2, 0.25) is 5.43 Å². The Balaban J connectivity index is 1.87. The van der Waals surface area contributed by atoms with E-state index >= 15 is 4.39 Å². The summed E-state index contributed by atoms with van der Waals surface area (Å²) in [6.45, 7) is 13.8. The number of nitrogens with zero attached hydrogens (tertiary/aromatic N) is 2. The molecule has 188 valence electrons. The summed E-state index contributed by atoms with van der Waals surface area (Å²) in [4.78, 5) is 17.0. The fourth-order valence-corrected chi connectivity index (χ4v) is 10.8. The third kappa shape index (κ3) is 4.35. The lowest BCUT2D eigenvalue weighted by Gasteiger charge is -2.38. The molecule has 0 aliphatic rings. The quantitative estimate of drug-likeness (QED) is 0.237. The van der Waals surface area contributed by atoms with Crippen molar-refractivity contribution < 1.29 is 9.13 Å². The summed E-state index contributed by atoms with van der Waals surface area (Å²) >= 11 is 0. The first kappa shape index (κ1) is 25.7. The van der Waals surface area contributed by atoms with Crippen molar-refractivity contribution >= 4 is 30.0 Å². The van der Waals surface area contributed by atoms with Crippen molar-refractivity contribution in [3.63, 3.8) is 0 Å². The molecule has 0 saturated carbocycles. The number of hydrogen-bond donors (Lipinski definition) is 1. The van der Waals surface area contributed by atoms with E-state index in [4.69, 9.17) is 4.74 Å². The van der Waals surface area contributed by atoms with Gasteiger partial charge in [0.25, 0.3) is 0 Å². The second kappa shape index (κ2) is 9.94. The van der Waals surface area contributed by atoms with Gasteiger partial charge >= 0.3 is 0 Å². The fraction of sp³-hybridized carbons (Fsp3) is 0.379. The third-order valence-corrected chi connectivity index (χ3v) is 13.8. The standard InChI is InChI=1S/C29H34FN3O2Si/c1-18(2)36(19(3)4,20(5)6)15-14-23-25(30)12-13-26-27(23)28(34)24-16-31-33(29(24)32-26)17-21-8-10-22(35-7)11-9-21/h8-13,16,18-20H,17H2,1-7H3,(H,32,34). The molecule has 0 radical (unpaired) electrons. The Labute approximate surface area is 212 Å². The van der Waals surface area contributed by atoms with Crippen molar-refractivity contribution in [3.8, 4) is 17.2 Å². The molecule has 0 aliphatic carbocycles. The zero-order chi connectivity index (χ0) is 26.2. The number of aromatic nitrogens is 3. The zero-order valence-electron chi connectivity index (χ0n) is 22.1. The first-order chi connectivity index (χ1) is 17.1. The lowest BCUT2D eigenvalue weighted by atomic mass is 10.1. The summed E-state index contributed by atoms with van der Waals surface area (Å²) in [5.41, 5.74) is 6.89. The van der Waals surface area contributed by atoms with Crippen molar-refractivity contribution in [2.75, 3.05) is 7.11 Å². The summed E-state index contributed by atoms with van der Waals surface area (Å²) in [6, 6.07) is 10.7. The summed E-state index contributed by atoms with van der Waals surface area (Å²) in [6.07, 6.45) is 1.55. The van der Waals surface area contributed by atoms with Crippen molar-refractivity contribution in [1.29, 1.82) is 0 Å². The highest BCUT2D eigenvalue weighted by Gasteiger charge is 2.41. The molecule has 1 N–H and O–H groups in total. The molecule has 7 heteroatoms. The molecule has 0 aliphatic heterocycles. The van der Waals surface area contributed by atoms with Crippen LogP contribution in [-0.2, 0) is 6.54 Å². The predicted molar refractivity (Wildman–Crippen MR) is 148 cm³/mol. The number of halogens is 1. The van der Waals surface area contributed by atoms with Gasteiger partial charge in [0.1, 0.15) is 25.3 Å². The monoisotopic (exact) mass is 503 g/mol. The molecule has 0 atom stereocenters. The van der Waals surface area contributed by atoms with Crippen LogP contribution in [0.15, 0.2) is 47.4 Å². The first-order valence-electron chi connectivity index (χ1n) is 12.5. The highest BCUT2D eigenvalue weighted by Crippen LogP contribution is 2.41. The van der Waals surface area contributed by atoms with Gasteiger partial charge in [-0.05, 0) is 46.5 Å². The summed E-state index contributed by atoms with van der Waals surface area (Å²) in [5.74, 6) is 3.49. The van der Waals surface area contributed by atoms with E-state index < -0.39 is 13.9 Å². The van der Waals surface area contributed by atoms with Crippen molar-refractivity contribution in [3.05, 3.63) is 69.8 Å². The maximum atomic E-state index is 15.2. The van der Waals surface area contributed by atoms with Crippen LogP contribution in [0.25, 0.3) is 21.9 Å². The SMILES string of the molecule is COc1ccc(Cn2ncc3c(=O)c4c(C#C[Si](C(C)C)(C(C)C)C(C)C)c(F)ccc4[nH]c32)cc1. The van der Waals surface area contributed by atoms with E-state index in [1.807, 2.05) is 24.3 Å². The van der Waals surface area contributed by atoms with E-state index in [-0.39, 0.29) is 16.4 Å². The molecular formula is C29H34FN3O2Si. The van der Waals surface area contributed by atoms with E-state index in [1.165, 1.54) is 6.07 Å². The molecule has 5 nitrogen and oxygen atoms in total. The molecule has 36 heavy (non-hydrogen) atoms. The second-order valence-corrected chi connectivity index (χ2v) is 15.9. The van der Waals surface area contributed by atoms with Crippen LogP contribution >= 0.6 is 0 Å². The van der Waals surface area contributed by atoms with E-state index in [0.717, 1.165) is 11.3 Å². The minimum atomic E-state index is -2.10. The van der Waals surface area contributed by atoms with Crippen LogP contribution in [0.2, 0.25) is 16.6 Å². The molecule has 2 aromatic heterocycles. The number of pyridine rings is 1. The molecule has 2 heterocycles. The molecule has 0 fully saturated rings. The number of benzene rings is 2. The Morgan fingerprint density at radius 2 is 1.67 bits per heavy atom. The smallest absolute Gasteiger partial charge is 0.201 e. The Bertz CT molecular complexity index is 1500. The van der Waals surface area contributed by atoms with Crippen molar-refractivity contribution in [2.45, 2.75) is 64.7 Å². The van der Waals surface area contributed by atoms with Gasteiger partial charge in [-0.2, -0.15) is 5.10 Å². The Kier molecular flexibility index (Phi) is 7.10. The van der Waals surface area contributed by atoms with Gasteiger partial charge in [-0.15, -0.1) is 5.54 Å². The highest BCUT2D eigenvalue weighted by molar-refractivity contribution is 6.90. The average Bonchev–Trinajstić information content (AvgIpc) is 3.23. The van der Waals surface area contributed by atoms with Crippen LogP contribution in [0.4, 0.5) is 4.39 Å². The van der Waals surface area contributed by atoms with Gasteiger partial charge in [-0.25, -0.2) is 9.07 Å². The number of ether oxygens (including phenoxy) is 1. The number of methoxy groups -OCH3 is 1. The average molecular weight is 504 g/mol. The summed E-state index contributed by atoms with van der Waals surface area (Å²) in [7, 11) is -0.474. The Morgan fingerprint density at radius 1 is 1.03 bits per heavy atom. The first-order valence-corrected chi connectivity index (χ1v) is 14.7. The van der Waals surface area contributed by atoms with Crippen LogP contribution in [0.1, 0.15) is 52.7 Å². The number of rotatable bonds is 6. The number of aromatic amines is 1. The van der Waals surface area contributed by atoms with Gasteiger partial charge in [0.05, 0.1) is 41.7 Å². The van der Waals surface area contributed by atoms with Gasteiger partial charge in [-0.1, -0.05) is 59.6 Å². The molecule has 0 unspecified atom stereocenters. The minimum absolute atomic E-state index is 0.178.